The first kappa shape index (κ1) is 16.2. The molecule has 2 aromatic rings. The highest BCUT2D eigenvalue weighted by molar-refractivity contribution is 9.12. The Labute approximate surface area is 142 Å². The molecule has 1 aromatic heterocycles. The number of benzene rings is 1. The molecule has 0 aliphatic carbocycles. The standard InChI is InChI=1S/C16H19Br2NS/c1-4-10-6-7-12(8-11(10)5-2)15(19-3)13-9-14(17)20-16(13)18/h6-9,15,19H,4-5H2,1-3H3. The highest BCUT2D eigenvalue weighted by atomic mass is 79.9. The summed E-state index contributed by atoms with van der Waals surface area (Å²) in [6.07, 6.45) is 2.18. The van der Waals surface area contributed by atoms with Crippen molar-refractivity contribution in [1.82, 2.24) is 5.32 Å². The number of nitrogens with one attached hydrogen (secondary N) is 1. The smallest absolute Gasteiger partial charge is 0.0761 e. The Morgan fingerprint density at radius 1 is 1.10 bits per heavy atom. The summed E-state index contributed by atoms with van der Waals surface area (Å²) in [7, 11) is 2.02. The van der Waals surface area contributed by atoms with Gasteiger partial charge in [0.05, 0.1) is 13.6 Å². The molecule has 1 unspecified atom stereocenters. The van der Waals surface area contributed by atoms with Crippen LogP contribution < -0.4 is 5.32 Å². The van der Waals surface area contributed by atoms with E-state index in [0.29, 0.717) is 0 Å². The Morgan fingerprint density at radius 2 is 1.80 bits per heavy atom. The summed E-state index contributed by atoms with van der Waals surface area (Å²) in [5.74, 6) is 0. The summed E-state index contributed by atoms with van der Waals surface area (Å²) in [5.41, 5.74) is 5.52. The summed E-state index contributed by atoms with van der Waals surface area (Å²) in [6, 6.07) is 9.28. The second-order valence-corrected chi connectivity index (χ2v) is 8.49. The SMILES string of the molecule is CCc1ccc(C(NC)c2cc(Br)sc2Br)cc1CC. The number of halogens is 2. The minimum atomic E-state index is 0.225. The molecule has 0 spiro atoms. The maximum Gasteiger partial charge on any atom is 0.0761 e. The Kier molecular flexibility index (Phi) is 5.84. The van der Waals surface area contributed by atoms with Crippen LogP contribution in [0.5, 0.6) is 0 Å². The monoisotopic (exact) mass is 415 g/mol. The fourth-order valence-corrected chi connectivity index (χ4v) is 5.45. The zero-order valence-electron chi connectivity index (χ0n) is 12.0. The van der Waals surface area contributed by atoms with Gasteiger partial charge in [-0.15, -0.1) is 11.3 Å². The maximum absolute atomic E-state index is 3.67. The van der Waals surface area contributed by atoms with Gasteiger partial charge in [-0.25, -0.2) is 0 Å². The molecule has 2 rings (SSSR count). The van der Waals surface area contributed by atoms with Crippen molar-refractivity contribution in [3.05, 3.63) is 54.1 Å². The summed E-state index contributed by atoms with van der Waals surface area (Å²) < 4.78 is 2.34. The van der Waals surface area contributed by atoms with Gasteiger partial charge >= 0.3 is 0 Å². The first-order valence-electron chi connectivity index (χ1n) is 6.84. The Balaban J connectivity index is 2.44. The predicted octanol–water partition coefficient (Wildman–Crippen LogP) is 5.71. The molecule has 0 aliphatic rings. The topological polar surface area (TPSA) is 12.0 Å². The van der Waals surface area contributed by atoms with Crippen LogP contribution in [0.3, 0.4) is 0 Å². The van der Waals surface area contributed by atoms with Crippen molar-refractivity contribution in [2.24, 2.45) is 0 Å². The molecule has 1 aromatic carbocycles. The minimum absolute atomic E-state index is 0.225. The van der Waals surface area contributed by atoms with Gasteiger partial charge in [0.15, 0.2) is 0 Å². The van der Waals surface area contributed by atoms with E-state index in [1.165, 1.54) is 26.0 Å². The van der Waals surface area contributed by atoms with E-state index in [1.54, 1.807) is 11.3 Å². The van der Waals surface area contributed by atoms with E-state index in [2.05, 4.69) is 75.3 Å². The van der Waals surface area contributed by atoms with E-state index < -0.39 is 0 Å². The molecule has 0 amide bonds. The lowest BCUT2D eigenvalue weighted by Gasteiger charge is -2.18. The molecule has 1 atom stereocenters. The van der Waals surface area contributed by atoms with Gasteiger partial charge in [0, 0.05) is 0 Å². The van der Waals surface area contributed by atoms with E-state index in [-0.39, 0.29) is 6.04 Å². The van der Waals surface area contributed by atoms with Crippen LogP contribution in [0.4, 0.5) is 0 Å². The molecule has 0 saturated heterocycles. The second-order valence-electron chi connectivity index (χ2n) is 4.74. The van der Waals surface area contributed by atoms with Gasteiger partial charge in [0.25, 0.3) is 0 Å². The van der Waals surface area contributed by atoms with Gasteiger partial charge < -0.3 is 5.32 Å². The first-order chi connectivity index (χ1) is 9.60. The molecule has 4 heteroatoms. The second kappa shape index (κ2) is 7.21. The maximum atomic E-state index is 3.67. The molecule has 0 saturated carbocycles. The third kappa shape index (κ3) is 3.35. The van der Waals surface area contributed by atoms with Gasteiger partial charge in [-0.3, -0.25) is 0 Å². The molecule has 1 nitrogen and oxygen atoms in total. The van der Waals surface area contributed by atoms with E-state index in [0.717, 1.165) is 16.6 Å². The average molecular weight is 417 g/mol. The fraction of sp³-hybridized carbons (Fsp3) is 0.375. The van der Waals surface area contributed by atoms with Crippen LogP contribution in [0.15, 0.2) is 31.8 Å². The predicted molar refractivity (Wildman–Crippen MR) is 95.8 cm³/mol. The summed E-state index contributed by atoms with van der Waals surface area (Å²) in [5, 5.41) is 3.43. The zero-order chi connectivity index (χ0) is 14.7. The van der Waals surface area contributed by atoms with Crippen molar-refractivity contribution in [2.75, 3.05) is 7.05 Å². The summed E-state index contributed by atoms with van der Waals surface area (Å²) in [6.45, 7) is 4.44. The van der Waals surface area contributed by atoms with Crippen molar-refractivity contribution < 1.29 is 0 Å². The van der Waals surface area contributed by atoms with Crippen LogP contribution in [0.2, 0.25) is 0 Å². The van der Waals surface area contributed by atoms with E-state index in [4.69, 9.17) is 0 Å². The van der Waals surface area contributed by atoms with Gasteiger partial charge in [-0.2, -0.15) is 0 Å². The number of hydrogen-bond acceptors (Lipinski definition) is 2. The van der Waals surface area contributed by atoms with Gasteiger partial charge in [-0.05, 0) is 80.1 Å². The van der Waals surface area contributed by atoms with Gasteiger partial charge in [0.2, 0.25) is 0 Å². The van der Waals surface area contributed by atoms with Crippen LogP contribution in [0.1, 0.15) is 42.1 Å². The minimum Gasteiger partial charge on any atom is -0.309 e. The largest absolute Gasteiger partial charge is 0.309 e. The Hall–Kier alpha value is -0.160. The molecular formula is C16H19Br2NS. The summed E-state index contributed by atoms with van der Waals surface area (Å²) >= 11 is 8.95. The van der Waals surface area contributed by atoms with Crippen LogP contribution in [-0.4, -0.2) is 7.05 Å². The molecular weight excluding hydrogens is 398 g/mol. The van der Waals surface area contributed by atoms with Crippen molar-refractivity contribution >= 4 is 43.2 Å². The van der Waals surface area contributed by atoms with Gasteiger partial charge in [-0.1, -0.05) is 32.0 Å². The molecule has 0 bridgehead atoms. The molecule has 108 valence electrons. The summed E-state index contributed by atoms with van der Waals surface area (Å²) in [4.78, 5) is 0. The fourth-order valence-electron chi connectivity index (χ4n) is 2.55. The van der Waals surface area contributed by atoms with E-state index in [9.17, 15) is 0 Å². The third-order valence-corrected chi connectivity index (χ3v) is 5.99. The van der Waals surface area contributed by atoms with Crippen LogP contribution in [-0.2, 0) is 12.8 Å². The lowest BCUT2D eigenvalue weighted by atomic mass is 9.94. The molecule has 0 fully saturated rings. The molecule has 1 heterocycles. The molecule has 0 radical (unpaired) electrons. The van der Waals surface area contributed by atoms with Crippen molar-refractivity contribution in [2.45, 2.75) is 32.7 Å². The van der Waals surface area contributed by atoms with Crippen LogP contribution in [0, 0.1) is 0 Å². The van der Waals surface area contributed by atoms with Gasteiger partial charge in [0.1, 0.15) is 0 Å². The van der Waals surface area contributed by atoms with Crippen molar-refractivity contribution in [1.29, 1.82) is 0 Å². The number of rotatable bonds is 5. The highest BCUT2D eigenvalue weighted by Gasteiger charge is 2.18. The van der Waals surface area contributed by atoms with Crippen molar-refractivity contribution in [3.8, 4) is 0 Å². The Bertz CT molecular complexity index is 592. The first-order valence-corrected chi connectivity index (χ1v) is 9.24. The van der Waals surface area contributed by atoms with E-state index in [1.807, 2.05) is 7.05 Å². The van der Waals surface area contributed by atoms with E-state index >= 15 is 0 Å². The molecule has 20 heavy (non-hydrogen) atoms. The zero-order valence-corrected chi connectivity index (χ0v) is 16.0. The lowest BCUT2D eigenvalue weighted by molar-refractivity contribution is 0.690. The third-order valence-electron chi connectivity index (χ3n) is 3.61. The Morgan fingerprint density at radius 3 is 2.30 bits per heavy atom. The number of aryl methyl sites for hydroxylation is 2. The van der Waals surface area contributed by atoms with Crippen LogP contribution >= 0.6 is 43.2 Å². The van der Waals surface area contributed by atoms with Crippen molar-refractivity contribution in [3.63, 3.8) is 0 Å². The number of thiophene rings is 1. The lowest BCUT2D eigenvalue weighted by Crippen LogP contribution is -2.17. The average Bonchev–Trinajstić information content (AvgIpc) is 2.78. The highest BCUT2D eigenvalue weighted by Crippen LogP contribution is 2.38. The normalized spacial score (nSPS) is 12.7. The quantitative estimate of drug-likeness (QED) is 0.658. The molecule has 1 N–H and O–H groups in total. The number of hydrogen-bond donors (Lipinski definition) is 1. The molecule has 0 aliphatic heterocycles. The van der Waals surface area contributed by atoms with Crippen LogP contribution in [0.25, 0.3) is 0 Å².